The largest absolute Gasteiger partial charge is 0.383 e. The van der Waals surface area contributed by atoms with Gasteiger partial charge in [0.2, 0.25) is 0 Å². The quantitative estimate of drug-likeness (QED) is 0.747. The zero-order valence-corrected chi connectivity index (χ0v) is 13.0. The predicted molar refractivity (Wildman–Crippen MR) is 84.0 cm³/mol. The van der Waals surface area contributed by atoms with Crippen molar-refractivity contribution in [3.05, 3.63) is 46.0 Å². The zero-order chi connectivity index (χ0) is 14.3. The molecule has 0 spiro atoms. The third-order valence-corrected chi connectivity index (χ3v) is 4.67. The van der Waals surface area contributed by atoms with Gasteiger partial charge in [-0.15, -0.1) is 11.3 Å². The highest BCUT2D eigenvalue weighted by atomic mass is 79.9. The van der Waals surface area contributed by atoms with Crippen molar-refractivity contribution in [2.75, 3.05) is 5.73 Å². The van der Waals surface area contributed by atoms with Crippen LogP contribution in [0.15, 0.2) is 40.2 Å². The molecule has 3 rings (SSSR count). The van der Waals surface area contributed by atoms with Gasteiger partial charge >= 0.3 is 0 Å². The molecule has 2 heterocycles. The van der Waals surface area contributed by atoms with Crippen LogP contribution in [0.2, 0.25) is 0 Å². The Hall–Kier alpha value is -1.66. The van der Waals surface area contributed by atoms with Crippen LogP contribution in [0.5, 0.6) is 0 Å². The molecule has 0 saturated heterocycles. The molecule has 3 nitrogen and oxygen atoms in total. The Morgan fingerprint density at radius 2 is 2.00 bits per heavy atom. The van der Waals surface area contributed by atoms with Crippen LogP contribution in [0.1, 0.15) is 0 Å². The van der Waals surface area contributed by atoms with Crippen LogP contribution < -0.4 is 5.73 Å². The maximum absolute atomic E-state index is 14.1. The van der Waals surface area contributed by atoms with Crippen molar-refractivity contribution in [3.63, 3.8) is 0 Å². The minimum Gasteiger partial charge on any atom is -0.383 e. The van der Waals surface area contributed by atoms with Gasteiger partial charge in [0.25, 0.3) is 0 Å². The van der Waals surface area contributed by atoms with Gasteiger partial charge in [0.05, 0.1) is 14.2 Å². The molecular weight excluding hydrogens is 341 g/mol. The first kappa shape index (κ1) is 13.3. The fourth-order valence-electron chi connectivity index (χ4n) is 2.08. The number of anilines is 1. The zero-order valence-electron chi connectivity index (χ0n) is 10.6. The van der Waals surface area contributed by atoms with Crippen molar-refractivity contribution in [1.82, 2.24) is 9.78 Å². The summed E-state index contributed by atoms with van der Waals surface area (Å²) >= 11 is 4.97. The normalized spacial score (nSPS) is 10.9. The molecule has 0 atom stereocenters. The number of thiophene rings is 1. The minimum absolute atomic E-state index is 0.302. The summed E-state index contributed by atoms with van der Waals surface area (Å²) in [5.41, 5.74) is 7.88. The standard InChI is InChI=1S/C14H11BrFN3S/c1-19-14(17)12(8-4-2-3-5-9(8)16)13(18-19)10-6-7-11(15)20-10/h2-7H,17H2,1H3. The van der Waals surface area contributed by atoms with Crippen LogP contribution >= 0.6 is 27.3 Å². The number of benzene rings is 1. The van der Waals surface area contributed by atoms with E-state index in [1.54, 1.807) is 41.3 Å². The third-order valence-electron chi connectivity index (χ3n) is 3.04. The van der Waals surface area contributed by atoms with E-state index in [2.05, 4.69) is 21.0 Å². The Morgan fingerprint density at radius 3 is 2.65 bits per heavy atom. The highest BCUT2D eigenvalue weighted by Gasteiger charge is 2.20. The van der Waals surface area contributed by atoms with Gasteiger partial charge in [-0.1, -0.05) is 18.2 Å². The van der Waals surface area contributed by atoms with E-state index in [4.69, 9.17) is 5.73 Å². The molecule has 20 heavy (non-hydrogen) atoms. The van der Waals surface area contributed by atoms with Crippen LogP contribution in [-0.4, -0.2) is 9.78 Å². The molecule has 0 saturated carbocycles. The maximum Gasteiger partial charge on any atom is 0.131 e. The summed E-state index contributed by atoms with van der Waals surface area (Å²) < 4.78 is 16.6. The lowest BCUT2D eigenvalue weighted by atomic mass is 10.0. The van der Waals surface area contributed by atoms with Crippen molar-refractivity contribution >= 4 is 33.1 Å². The van der Waals surface area contributed by atoms with Gasteiger partial charge in [-0.3, -0.25) is 4.68 Å². The number of nitrogens with two attached hydrogens (primary N) is 1. The summed E-state index contributed by atoms with van der Waals surface area (Å²) in [7, 11) is 1.76. The van der Waals surface area contributed by atoms with E-state index in [0.29, 0.717) is 22.6 Å². The van der Waals surface area contributed by atoms with Gasteiger partial charge in [-0.25, -0.2) is 4.39 Å². The van der Waals surface area contributed by atoms with Crippen LogP contribution in [0, 0.1) is 5.82 Å². The number of halogens is 2. The van der Waals surface area contributed by atoms with E-state index in [-0.39, 0.29) is 5.82 Å². The lowest BCUT2D eigenvalue weighted by Crippen LogP contribution is -1.98. The first-order valence-electron chi connectivity index (χ1n) is 5.91. The monoisotopic (exact) mass is 351 g/mol. The summed E-state index contributed by atoms with van der Waals surface area (Å²) in [6.07, 6.45) is 0. The first-order valence-corrected chi connectivity index (χ1v) is 7.52. The molecule has 0 aliphatic heterocycles. The topological polar surface area (TPSA) is 43.8 Å². The Morgan fingerprint density at radius 1 is 1.25 bits per heavy atom. The van der Waals surface area contributed by atoms with Crippen LogP contribution in [0.4, 0.5) is 10.2 Å². The number of nitrogens with zero attached hydrogens (tertiary/aromatic N) is 2. The molecule has 2 aromatic heterocycles. The van der Waals surface area contributed by atoms with Gasteiger partial charge in [0.15, 0.2) is 0 Å². The summed E-state index contributed by atoms with van der Waals surface area (Å²) in [5.74, 6) is 0.152. The lowest BCUT2D eigenvalue weighted by Gasteiger charge is -2.04. The van der Waals surface area contributed by atoms with E-state index in [9.17, 15) is 4.39 Å². The summed E-state index contributed by atoms with van der Waals surface area (Å²) in [4.78, 5) is 0.947. The van der Waals surface area contributed by atoms with Crippen molar-refractivity contribution in [2.45, 2.75) is 0 Å². The van der Waals surface area contributed by atoms with Crippen molar-refractivity contribution in [3.8, 4) is 21.7 Å². The fraction of sp³-hybridized carbons (Fsp3) is 0.0714. The van der Waals surface area contributed by atoms with Gasteiger partial charge in [-0.05, 0) is 34.1 Å². The Kier molecular flexibility index (Phi) is 3.35. The van der Waals surface area contributed by atoms with Crippen LogP contribution in [0.25, 0.3) is 21.7 Å². The summed E-state index contributed by atoms with van der Waals surface area (Å²) in [6, 6.07) is 10.5. The number of hydrogen-bond donors (Lipinski definition) is 1. The molecule has 102 valence electrons. The van der Waals surface area contributed by atoms with Gasteiger partial charge in [0, 0.05) is 12.6 Å². The molecule has 0 aliphatic rings. The molecule has 0 radical (unpaired) electrons. The highest BCUT2D eigenvalue weighted by molar-refractivity contribution is 9.11. The predicted octanol–water partition coefficient (Wildman–Crippen LogP) is 4.30. The van der Waals surface area contributed by atoms with E-state index in [0.717, 1.165) is 8.66 Å². The van der Waals surface area contributed by atoms with Crippen LogP contribution in [-0.2, 0) is 7.05 Å². The molecule has 0 amide bonds. The SMILES string of the molecule is Cn1nc(-c2ccc(Br)s2)c(-c2ccccc2F)c1N. The van der Waals surface area contributed by atoms with E-state index >= 15 is 0 Å². The number of rotatable bonds is 2. The lowest BCUT2D eigenvalue weighted by molar-refractivity contribution is 0.631. The summed E-state index contributed by atoms with van der Waals surface area (Å²) in [6.45, 7) is 0. The average molecular weight is 352 g/mol. The Labute approximate surface area is 128 Å². The molecular formula is C14H11BrFN3S. The second-order valence-electron chi connectivity index (χ2n) is 4.32. The first-order chi connectivity index (χ1) is 9.58. The molecule has 2 N–H and O–H groups in total. The van der Waals surface area contributed by atoms with E-state index in [1.165, 1.54) is 6.07 Å². The number of aryl methyl sites for hydroxylation is 1. The molecule has 0 aliphatic carbocycles. The Bertz CT molecular complexity index is 779. The fourth-order valence-corrected chi connectivity index (χ4v) is 3.46. The second kappa shape index (κ2) is 5.03. The number of nitrogen functional groups attached to an aromatic ring is 1. The molecule has 3 aromatic rings. The van der Waals surface area contributed by atoms with Crippen LogP contribution in [0.3, 0.4) is 0 Å². The third kappa shape index (κ3) is 2.14. The van der Waals surface area contributed by atoms with Crippen molar-refractivity contribution in [2.24, 2.45) is 7.05 Å². The highest BCUT2D eigenvalue weighted by Crippen LogP contribution is 2.40. The smallest absolute Gasteiger partial charge is 0.131 e. The van der Waals surface area contributed by atoms with Gasteiger partial charge in [-0.2, -0.15) is 5.10 Å². The van der Waals surface area contributed by atoms with Crippen molar-refractivity contribution < 1.29 is 4.39 Å². The second-order valence-corrected chi connectivity index (χ2v) is 6.78. The number of aromatic nitrogens is 2. The Balaban J connectivity index is 2.28. The molecule has 1 aromatic carbocycles. The average Bonchev–Trinajstić information content (AvgIpc) is 2.96. The summed E-state index contributed by atoms with van der Waals surface area (Å²) in [5, 5.41) is 4.43. The molecule has 6 heteroatoms. The van der Waals surface area contributed by atoms with Gasteiger partial charge < -0.3 is 5.73 Å². The minimum atomic E-state index is -0.302. The van der Waals surface area contributed by atoms with E-state index < -0.39 is 0 Å². The number of hydrogen-bond acceptors (Lipinski definition) is 3. The molecule has 0 bridgehead atoms. The maximum atomic E-state index is 14.1. The molecule has 0 fully saturated rings. The van der Waals surface area contributed by atoms with E-state index in [1.807, 2.05) is 12.1 Å². The van der Waals surface area contributed by atoms with Crippen molar-refractivity contribution in [1.29, 1.82) is 0 Å². The molecule has 0 unspecified atom stereocenters. The van der Waals surface area contributed by atoms with Gasteiger partial charge in [0.1, 0.15) is 17.3 Å².